The van der Waals surface area contributed by atoms with Gasteiger partial charge >= 0.3 is 0 Å². The summed E-state index contributed by atoms with van der Waals surface area (Å²) in [5.41, 5.74) is 1.13. The molecule has 0 amide bonds. The first kappa shape index (κ1) is 21.3. The zero-order valence-electron chi connectivity index (χ0n) is 16.8. The highest BCUT2D eigenvalue weighted by molar-refractivity contribution is 5.43. The summed E-state index contributed by atoms with van der Waals surface area (Å²) in [7, 11) is 1.63. The van der Waals surface area contributed by atoms with Gasteiger partial charge in [0.25, 0.3) is 0 Å². The van der Waals surface area contributed by atoms with E-state index in [2.05, 4.69) is 10.2 Å². The summed E-state index contributed by atoms with van der Waals surface area (Å²) in [6.07, 6.45) is 3.10. The Labute approximate surface area is 167 Å². The number of hydrogen-bond acceptors (Lipinski definition) is 7. The van der Waals surface area contributed by atoms with E-state index in [9.17, 15) is 10.2 Å². The van der Waals surface area contributed by atoms with Crippen LogP contribution < -0.4 is 14.8 Å². The van der Waals surface area contributed by atoms with E-state index in [0.717, 1.165) is 64.1 Å². The lowest BCUT2D eigenvalue weighted by molar-refractivity contribution is 0.00445. The molecule has 3 rings (SSSR count). The van der Waals surface area contributed by atoms with Crippen molar-refractivity contribution in [3.8, 4) is 11.5 Å². The first-order valence-corrected chi connectivity index (χ1v) is 10.3. The van der Waals surface area contributed by atoms with Gasteiger partial charge < -0.3 is 29.7 Å². The molecule has 1 saturated carbocycles. The largest absolute Gasteiger partial charge is 0.493 e. The normalized spacial score (nSPS) is 24.7. The molecule has 158 valence electrons. The molecule has 1 aromatic rings. The Morgan fingerprint density at radius 2 is 1.93 bits per heavy atom. The number of morpholine rings is 1. The van der Waals surface area contributed by atoms with Crippen LogP contribution in [0.1, 0.15) is 31.2 Å². The molecule has 28 heavy (non-hydrogen) atoms. The smallest absolute Gasteiger partial charge is 0.161 e. The molecule has 2 fully saturated rings. The highest BCUT2D eigenvalue weighted by Gasteiger charge is 2.19. The highest BCUT2D eigenvalue weighted by Crippen LogP contribution is 2.28. The quantitative estimate of drug-likeness (QED) is 0.580. The molecule has 3 N–H and O–H groups in total. The predicted octanol–water partition coefficient (Wildman–Crippen LogP) is 1.16. The number of nitrogens with zero attached hydrogens (tertiary/aromatic N) is 1. The summed E-state index contributed by atoms with van der Waals surface area (Å²) in [5.74, 6) is 1.32. The van der Waals surface area contributed by atoms with Crippen molar-refractivity contribution in [2.24, 2.45) is 0 Å². The van der Waals surface area contributed by atoms with E-state index in [-0.39, 0.29) is 12.7 Å². The van der Waals surface area contributed by atoms with Crippen LogP contribution in [0, 0.1) is 0 Å². The van der Waals surface area contributed by atoms with E-state index in [1.165, 1.54) is 0 Å². The Morgan fingerprint density at radius 3 is 2.64 bits per heavy atom. The maximum atomic E-state index is 10.3. The molecule has 0 bridgehead atoms. The van der Waals surface area contributed by atoms with Gasteiger partial charge in [0.05, 0.1) is 26.4 Å². The maximum Gasteiger partial charge on any atom is 0.161 e. The second kappa shape index (κ2) is 11.0. The Morgan fingerprint density at radius 1 is 1.18 bits per heavy atom. The van der Waals surface area contributed by atoms with Crippen LogP contribution in [0.25, 0.3) is 0 Å². The molecular weight excluding hydrogens is 360 g/mol. The van der Waals surface area contributed by atoms with Gasteiger partial charge in [-0.15, -0.1) is 0 Å². The molecule has 0 spiro atoms. The van der Waals surface area contributed by atoms with Crippen LogP contribution in [-0.4, -0.2) is 79.9 Å². The van der Waals surface area contributed by atoms with Crippen molar-refractivity contribution in [2.45, 2.75) is 50.5 Å². The van der Waals surface area contributed by atoms with Gasteiger partial charge in [-0.1, -0.05) is 6.07 Å². The van der Waals surface area contributed by atoms with Crippen LogP contribution in [0.5, 0.6) is 11.5 Å². The number of rotatable bonds is 9. The van der Waals surface area contributed by atoms with Gasteiger partial charge in [-0.3, -0.25) is 4.90 Å². The molecule has 1 heterocycles. The van der Waals surface area contributed by atoms with Crippen molar-refractivity contribution in [3.63, 3.8) is 0 Å². The summed E-state index contributed by atoms with van der Waals surface area (Å²) in [6.45, 7) is 4.72. The Bertz CT molecular complexity index is 586. The molecular formula is C21H34N2O5. The molecule has 1 atom stereocenters. The Hall–Kier alpha value is -1.38. The van der Waals surface area contributed by atoms with E-state index < -0.39 is 6.10 Å². The van der Waals surface area contributed by atoms with Gasteiger partial charge in [0, 0.05) is 32.2 Å². The zero-order valence-corrected chi connectivity index (χ0v) is 16.8. The van der Waals surface area contributed by atoms with Crippen molar-refractivity contribution in [2.75, 3.05) is 46.6 Å². The van der Waals surface area contributed by atoms with Crippen molar-refractivity contribution < 1.29 is 24.4 Å². The summed E-state index contributed by atoms with van der Waals surface area (Å²) in [6, 6.07) is 6.37. The van der Waals surface area contributed by atoms with E-state index >= 15 is 0 Å². The summed E-state index contributed by atoms with van der Waals surface area (Å²) in [4.78, 5) is 2.19. The minimum atomic E-state index is -0.550. The molecule has 7 heteroatoms. The van der Waals surface area contributed by atoms with Crippen molar-refractivity contribution in [3.05, 3.63) is 23.8 Å². The maximum absolute atomic E-state index is 10.3. The van der Waals surface area contributed by atoms with Crippen molar-refractivity contribution in [1.29, 1.82) is 0 Å². The molecule has 1 saturated heterocycles. The zero-order chi connectivity index (χ0) is 19.8. The fourth-order valence-electron chi connectivity index (χ4n) is 3.80. The number of β-amino-alcohol motifs (C(OH)–C–C–N with tert-alkyl or cyclic N) is 1. The minimum Gasteiger partial charge on any atom is -0.493 e. The number of aliphatic hydroxyl groups excluding tert-OH is 2. The molecule has 1 unspecified atom stereocenters. The van der Waals surface area contributed by atoms with Crippen LogP contribution in [-0.2, 0) is 11.3 Å². The Balaban J connectivity index is 1.45. The minimum absolute atomic E-state index is 0.131. The Kier molecular flexibility index (Phi) is 8.36. The second-order valence-electron chi connectivity index (χ2n) is 7.75. The van der Waals surface area contributed by atoms with Crippen molar-refractivity contribution >= 4 is 0 Å². The average Bonchev–Trinajstić information content (AvgIpc) is 2.73. The number of methoxy groups -OCH3 is 1. The average molecular weight is 395 g/mol. The van der Waals surface area contributed by atoms with Gasteiger partial charge in [0.1, 0.15) is 12.7 Å². The van der Waals surface area contributed by atoms with Crippen LogP contribution in [0.15, 0.2) is 18.2 Å². The summed E-state index contributed by atoms with van der Waals surface area (Å²) < 4.78 is 16.6. The predicted molar refractivity (Wildman–Crippen MR) is 107 cm³/mol. The van der Waals surface area contributed by atoms with Gasteiger partial charge in [0.15, 0.2) is 11.5 Å². The monoisotopic (exact) mass is 394 g/mol. The number of nitrogens with one attached hydrogen (secondary N) is 1. The molecule has 2 aliphatic rings. The molecule has 1 aliphatic carbocycles. The first-order valence-electron chi connectivity index (χ1n) is 10.3. The van der Waals surface area contributed by atoms with Gasteiger partial charge in [0.2, 0.25) is 0 Å². The van der Waals surface area contributed by atoms with Crippen LogP contribution in [0.3, 0.4) is 0 Å². The lowest BCUT2D eigenvalue weighted by Crippen LogP contribution is -2.42. The van der Waals surface area contributed by atoms with E-state index in [1.54, 1.807) is 7.11 Å². The molecule has 0 aromatic heterocycles. The standard InChI is InChI=1S/C21H34N2O5/c1-26-21-12-16(13-22-17-3-5-18(24)6-4-17)2-7-20(21)28-15-19(25)14-23-8-10-27-11-9-23/h2,7,12,17-19,22,24-25H,3-6,8-11,13-15H2,1H3. The van der Waals surface area contributed by atoms with E-state index in [0.29, 0.717) is 24.1 Å². The molecule has 1 aliphatic heterocycles. The van der Waals surface area contributed by atoms with Crippen LogP contribution in [0.2, 0.25) is 0 Å². The van der Waals surface area contributed by atoms with Gasteiger partial charge in [-0.2, -0.15) is 0 Å². The third kappa shape index (κ3) is 6.60. The topological polar surface area (TPSA) is 83.4 Å². The lowest BCUT2D eigenvalue weighted by atomic mass is 9.93. The first-order chi connectivity index (χ1) is 13.6. The lowest BCUT2D eigenvalue weighted by Gasteiger charge is -2.28. The highest BCUT2D eigenvalue weighted by atomic mass is 16.5. The number of aliphatic hydroxyl groups is 2. The van der Waals surface area contributed by atoms with Crippen molar-refractivity contribution in [1.82, 2.24) is 10.2 Å². The second-order valence-corrected chi connectivity index (χ2v) is 7.75. The molecule has 7 nitrogen and oxygen atoms in total. The third-order valence-electron chi connectivity index (χ3n) is 5.52. The SMILES string of the molecule is COc1cc(CNC2CCC(O)CC2)ccc1OCC(O)CN1CCOCC1. The number of benzene rings is 1. The molecule has 1 aromatic carbocycles. The van der Waals surface area contributed by atoms with E-state index in [1.807, 2.05) is 18.2 Å². The van der Waals surface area contributed by atoms with Crippen LogP contribution in [0.4, 0.5) is 0 Å². The number of hydrogen-bond donors (Lipinski definition) is 3. The van der Waals surface area contributed by atoms with Gasteiger partial charge in [-0.05, 0) is 43.4 Å². The summed E-state index contributed by atoms with van der Waals surface area (Å²) >= 11 is 0. The third-order valence-corrected chi connectivity index (χ3v) is 5.52. The fourth-order valence-corrected chi connectivity index (χ4v) is 3.80. The van der Waals surface area contributed by atoms with Gasteiger partial charge in [-0.25, -0.2) is 0 Å². The summed E-state index contributed by atoms with van der Waals surface area (Å²) in [5, 5.41) is 23.4. The fraction of sp³-hybridized carbons (Fsp3) is 0.714. The van der Waals surface area contributed by atoms with E-state index in [4.69, 9.17) is 14.2 Å². The number of ether oxygens (including phenoxy) is 3. The van der Waals surface area contributed by atoms with Crippen LogP contribution >= 0.6 is 0 Å². The molecule has 0 radical (unpaired) electrons.